The van der Waals surface area contributed by atoms with Crippen LogP contribution >= 0.6 is 0 Å². The van der Waals surface area contributed by atoms with Crippen LogP contribution in [-0.4, -0.2) is 291 Å². The Balaban J connectivity index is 0.000000125. The van der Waals surface area contributed by atoms with E-state index in [0.29, 0.717) is 163 Å². The number of carbonyl (C=O) groups is 1. The van der Waals surface area contributed by atoms with E-state index >= 15 is 0 Å². The van der Waals surface area contributed by atoms with Crippen molar-refractivity contribution in [3.05, 3.63) is 210 Å². The molecule has 5 aliphatic heterocycles. The van der Waals surface area contributed by atoms with Gasteiger partial charge in [-0.2, -0.15) is 0 Å². The summed E-state index contributed by atoms with van der Waals surface area (Å²) in [6.07, 6.45) is 10.3. The number of phenolic OH excluding ortho intramolecular Hbond substituents is 1. The van der Waals surface area contributed by atoms with Crippen LogP contribution < -0.4 is 43.4 Å². The lowest BCUT2D eigenvalue weighted by Gasteiger charge is -2.28. The molecule has 5 saturated heterocycles. The summed E-state index contributed by atoms with van der Waals surface area (Å²) >= 11 is 0. The second-order valence-electron chi connectivity index (χ2n) is 31.9. The molecule has 38 nitrogen and oxygen atoms in total. The summed E-state index contributed by atoms with van der Waals surface area (Å²) in [4.78, 5) is 92.4. The first-order chi connectivity index (χ1) is 67.9. The summed E-state index contributed by atoms with van der Waals surface area (Å²) in [5.74, 6) is 9.78. The van der Waals surface area contributed by atoms with Crippen molar-refractivity contribution < 1.29 is 86.4 Å². The van der Waals surface area contributed by atoms with Gasteiger partial charge in [0.05, 0.1) is 113 Å². The maximum atomic E-state index is 11.2. The van der Waals surface area contributed by atoms with E-state index in [1.54, 1.807) is 78.4 Å². The average molecular weight is 1880 g/mol. The zero-order chi connectivity index (χ0) is 95.3. The number of anilines is 5. The number of hydrogen-bond donors (Lipinski definition) is 3. The smallest absolute Gasteiger partial charge is 0.188 e. The van der Waals surface area contributed by atoms with E-state index < -0.39 is 0 Å². The molecule has 0 radical (unpaired) electrons. The Labute approximate surface area is 795 Å². The van der Waals surface area contributed by atoms with Crippen molar-refractivity contribution in [3.8, 4) is 85.7 Å². The van der Waals surface area contributed by atoms with Gasteiger partial charge in [-0.15, -0.1) is 0 Å². The number of aliphatic hydroxyl groups is 2. The van der Waals surface area contributed by atoms with E-state index in [2.05, 4.69) is 72.4 Å². The van der Waals surface area contributed by atoms with Gasteiger partial charge in [0.25, 0.3) is 0 Å². The zero-order valence-electron chi connectivity index (χ0n) is 77.6. The second-order valence-corrected chi connectivity index (χ2v) is 31.9. The van der Waals surface area contributed by atoms with E-state index in [1.165, 1.54) is 0 Å². The molecule has 10 aromatic heterocycles. The molecule has 716 valence electrons. The van der Waals surface area contributed by atoms with Crippen molar-refractivity contribution in [2.75, 3.05) is 219 Å². The Bertz CT molecular complexity index is 6460. The van der Waals surface area contributed by atoms with E-state index in [1.807, 2.05) is 134 Å². The number of hydrogen-bond acceptors (Lipinski definition) is 38. The number of aromatic nitrogens is 15. The van der Waals surface area contributed by atoms with Gasteiger partial charge in [-0.1, -0.05) is 67.6 Å². The van der Waals surface area contributed by atoms with E-state index in [4.69, 9.17) is 106 Å². The highest BCUT2D eigenvalue weighted by Crippen LogP contribution is 2.37. The molecule has 0 amide bonds. The topological polar surface area (TPSA) is 417 Å². The average Bonchev–Trinajstić information content (AvgIpc) is 0.794. The molecule has 15 heterocycles. The quantitative estimate of drug-likeness (QED) is 0.0303. The number of aliphatic hydroxyl groups excluding tert-OH is 2. The third-order valence-corrected chi connectivity index (χ3v) is 22.5. The van der Waals surface area contributed by atoms with Crippen LogP contribution in [0.1, 0.15) is 39.5 Å². The number of carbonyl (C=O) groups excluding carboxylic acids is 1. The number of pyridine rings is 5. The van der Waals surface area contributed by atoms with Gasteiger partial charge in [0, 0.05) is 165 Å². The molecule has 5 fully saturated rings. The first kappa shape index (κ1) is 96.8. The first-order valence-corrected chi connectivity index (χ1v) is 45.2. The first-order valence-electron chi connectivity index (χ1n) is 45.2. The number of methoxy groups -OCH3 is 5. The number of fused-ring (bicyclic) bond motifs is 5. The highest BCUT2D eigenvalue weighted by Gasteiger charge is 2.27. The Kier molecular flexibility index (Phi) is 34.0. The molecule has 0 saturated carbocycles. The fourth-order valence-electron chi connectivity index (χ4n) is 15.6. The van der Waals surface area contributed by atoms with Gasteiger partial charge in [0.15, 0.2) is 91.7 Å². The van der Waals surface area contributed by atoms with Crippen LogP contribution in [0.5, 0.6) is 28.7 Å². The number of aldehydes is 1. The number of benzene rings is 5. The summed E-state index contributed by atoms with van der Waals surface area (Å²) in [6, 6.07) is 46.9. The number of rotatable bonds is 28. The number of phenols is 1. The number of aromatic hydroxyl groups is 1. The Hall–Kier alpha value is -14.3. The van der Waals surface area contributed by atoms with Crippen molar-refractivity contribution >= 4 is 90.5 Å². The predicted octanol–water partition coefficient (Wildman–Crippen LogP) is 11.8. The van der Waals surface area contributed by atoms with Gasteiger partial charge in [-0.25, -0.2) is 54.8 Å². The van der Waals surface area contributed by atoms with Gasteiger partial charge in [0.1, 0.15) is 56.3 Å². The van der Waals surface area contributed by atoms with Crippen LogP contribution in [0.15, 0.2) is 183 Å². The van der Waals surface area contributed by atoms with Crippen LogP contribution in [-0.2, 0) is 73.6 Å². The minimum absolute atomic E-state index is 0.0878. The summed E-state index contributed by atoms with van der Waals surface area (Å²) < 4.78 is 74.7. The molecule has 15 aromatic rings. The van der Waals surface area contributed by atoms with Gasteiger partial charge < -0.3 is 106 Å². The highest BCUT2D eigenvalue weighted by molar-refractivity contribution is 5.93. The summed E-state index contributed by atoms with van der Waals surface area (Å²) in [6.45, 7) is 17.2. The number of aryl methyl sites for hydroxylation is 1. The Morgan fingerprint density at radius 1 is 0.312 bits per heavy atom. The molecule has 38 heteroatoms. The Morgan fingerprint density at radius 3 is 0.848 bits per heavy atom. The van der Waals surface area contributed by atoms with Crippen molar-refractivity contribution in [3.63, 3.8) is 0 Å². The molecule has 0 aliphatic carbocycles. The van der Waals surface area contributed by atoms with E-state index in [9.17, 15) is 20.1 Å². The van der Waals surface area contributed by atoms with Crippen LogP contribution in [0, 0.1) is 0 Å². The van der Waals surface area contributed by atoms with Crippen molar-refractivity contribution in [1.82, 2.24) is 74.8 Å². The maximum Gasteiger partial charge on any atom is 0.188 e. The third-order valence-electron chi connectivity index (χ3n) is 22.5. The molecular formula is C100H108N20O18. The minimum atomic E-state index is -0.0959. The van der Waals surface area contributed by atoms with Gasteiger partial charge in [-0.05, 0) is 120 Å². The molecule has 0 atom stereocenters. The van der Waals surface area contributed by atoms with Crippen molar-refractivity contribution in [2.24, 2.45) is 0 Å². The van der Waals surface area contributed by atoms with Crippen LogP contribution in [0.25, 0.3) is 112 Å². The number of ether oxygens (including phenoxy) is 14. The molecule has 20 rings (SSSR count). The third kappa shape index (κ3) is 24.8. The van der Waals surface area contributed by atoms with Crippen molar-refractivity contribution in [2.45, 2.75) is 33.2 Å². The normalized spacial score (nSPS) is 14.4. The van der Waals surface area contributed by atoms with E-state index in [0.717, 1.165) is 180 Å². The Morgan fingerprint density at radius 2 is 0.572 bits per heavy atom. The molecule has 5 aliphatic rings. The molecule has 0 spiro atoms. The maximum absolute atomic E-state index is 11.2. The number of nitrogens with zero attached hydrogens (tertiary/aromatic N) is 20. The monoisotopic (exact) mass is 1880 g/mol. The lowest BCUT2D eigenvalue weighted by atomic mass is 10.1. The lowest BCUT2D eigenvalue weighted by molar-refractivity contribution is 0.0510. The van der Waals surface area contributed by atoms with E-state index in [-0.39, 0.29) is 46.1 Å². The minimum Gasteiger partial charge on any atom is -0.508 e. The fourth-order valence-corrected chi connectivity index (χ4v) is 15.6. The van der Waals surface area contributed by atoms with Gasteiger partial charge in [0.2, 0.25) is 0 Å². The molecule has 5 aromatic carbocycles. The fraction of sp³-hybridized carbons (Fsp3) is 0.340. The molecule has 3 N–H and O–H groups in total. The number of morpholine rings is 5. The van der Waals surface area contributed by atoms with Crippen LogP contribution in [0.3, 0.4) is 0 Å². The molecular weight excluding hydrogens is 1770 g/mol. The summed E-state index contributed by atoms with van der Waals surface area (Å²) in [5, 5.41) is 28.6. The van der Waals surface area contributed by atoms with Gasteiger partial charge in [-0.3, -0.25) is 24.7 Å². The second kappa shape index (κ2) is 48.5. The van der Waals surface area contributed by atoms with Crippen LogP contribution in [0.4, 0.5) is 29.1 Å². The van der Waals surface area contributed by atoms with Crippen LogP contribution in [0.2, 0.25) is 0 Å². The van der Waals surface area contributed by atoms with Crippen molar-refractivity contribution in [1.29, 1.82) is 0 Å². The standard InChI is InChI=1S/C21H24N4O4.C21H24N4O3.C20H22N4O4.C20H20N4O4.C18H18N4O3/c1-26-13-15-10-18-19(22-12-15)21(25-6-8-28-9-7-25)24-20(23-18)16-4-3-5-17(11-16)29-14-27-2;1-3-15-11-18-19(22-13-15)21(25-7-9-27-10-8-25)24-20(23-18)16-5-4-6-17(12-16)28-14-26-2;2*1-26-13-28-16-4-2-3-15(10-16)19-22-17-9-14(12-25)11-21-18(17)20(23-19)24-5-7-27-8-6-24;23-11-12-8-15-16(19-10-12)18(22-4-6-25-7-5-22)21-17(20-15)13-2-1-3-14(24)9-13/h3-5,10-12H,6-9,13-14H2,1-2H3;4-6,11-13H,3,7-10,14H2,1-2H3;2-4,9-11,25H,5-8,12-13H2,1H3;2-4,9-12H,5-8,13H2,1H3;1-3,8-10,23-24H,4-7,11H2. The zero-order valence-corrected chi connectivity index (χ0v) is 77.6. The molecule has 0 bridgehead atoms. The summed E-state index contributed by atoms with van der Waals surface area (Å²) in [5.41, 5.74) is 15.5. The van der Waals surface area contributed by atoms with Gasteiger partial charge >= 0.3 is 0 Å². The molecule has 138 heavy (non-hydrogen) atoms. The SMILES string of the molecule is CCc1cnc2c(N3CCOCC3)nc(-c3cccc(OCOC)c3)nc2c1.COCOc1cccc(-c2nc(N3CCOCC3)c3ncc(C=O)cc3n2)c1.COCOc1cccc(-c2nc(N3CCOCC3)c3ncc(CO)cc3n2)c1.COCOc1cccc(-c2nc(N3CCOCC3)c3ncc(COC)cc3n2)c1.OCc1cnc2c(N3CCOCC3)nc(-c3cccc(O)c3)nc2c1. The predicted molar refractivity (Wildman–Crippen MR) is 518 cm³/mol. The highest BCUT2D eigenvalue weighted by atomic mass is 16.7. The largest absolute Gasteiger partial charge is 0.508 e. The molecule has 0 unspecified atom stereocenters. The lowest BCUT2D eigenvalue weighted by Crippen LogP contribution is -2.37. The summed E-state index contributed by atoms with van der Waals surface area (Å²) in [7, 11) is 8.01.